The van der Waals surface area contributed by atoms with Crippen LogP contribution >= 0.6 is 9.12 Å². The average molecular weight is 339 g/mol. The molecule has 23 heavy (non-hydrogen) atoms. The van der Waals surface area contributed by atoms with Crippen LogP contribution in [-0.2, 0) is 14.1 Å². The minimum Gasteiger partial charge on any atom is -0.465 e. The van der Waals surface area contributed by atoms with E-state index in [0.29, 0.717) is 18.6 Å². The lowest BCUT2D eigenvalue weighted by Crippen LogP contribution is -2.27. The summed E-state index contributed by atoms with van der Waals surface area (Å²) in [7, 11) is 1.17. The van der Waals surface area contributed by atoms with Gasteiger partial charge in [-0.05, 0) is 45.2 Å². The molecular formula is C18H28O4P+. The van der Waals surface area contributed by atoms with Crippen molar-refractivity contribution in [3.8, 4) is 0 Å². The Labute approximate surface area is 141 Å². The SMILES string of the molecule is CCCCC(C(=O)OCC)C(=O)c1c(C)cc(C)cc1C.O=[PH2+]. The van der Waals surface area contributed by atoms with Crippen LogP contribution in [0.4, 0.5) is 0 Å². The number of aryl methyl sites for hydroxylation is 3. The molecule has 128 valence electrons. The van der Waals surface area contributed by atoms with Crippen molar-refractivity contribution in [3.63, 3.8) is 0 Å². The number of esters is 1. The maximum Gasteiger partial charge on any atom is 0.316 e. The quantitative estimate of drug-likeness (QED) is 0.320. The molecule has 4 nitrogen and oxygen atoms in total. The van der Waals surface area contributed by atoms with Crippen LogP contribution in [0.2, 0.25) is 0 Å². The van der Waals surface area contributed by atoms with E-state index in [1.54, 1.807) is 6.92 Å². The van der Waals surface area contributed by atoms with Gasteiger partial charge >= 0.3 is 15.1 Å². The van der Waals surface area contributed by atoms with Crippen molar-refractivity contribution in [1.29, 1.82) is 0 Å². The van der Waals surface area contributed by atoms with Crippen LogP contribution in [0.3, 0.4) is 0 Å². The number of hydrogen-bond acceptors (Lipinski definition) is 4. The molecule has 0 amide bonds. The van der Waals surface area contributed by atoms with Crippen molar-refractivity contribution < 1.29 is 18.9 Å². The fraction of sp³-hybridized carbons (Fsp3) is 0.556. The summed E-state index contributed by atoms with van der Waals surface area (Å²) in [5, 5.41) is 0. The van der Waals surface area contributed by atoms with Gasteiger partial charge in [-0.2, -0.15) is 0 Å². The predicted molar refractivity (Wildman–Crippen MR) is 95.0 cm³/mol. The van der Waals surface area contributed by atoms with Gasteiger partial charge in [-0.3, -0.25) is 9.59 Å². The van der Waals surface area contributed by atoms with Gasteiger partial charge in [0.1, 0.15) is 5.92 Å². The molecule has 0 fully saturated rings. The number of carbonyl (C=O) groups excluding carboxylic acids is 2. The Hall–Kier alpha value is -1.54. The number of unbranched alkanes of at least 4 members (excludes halogenated alkanes) is 1. The highest BCUT2D eigenvalue weighted by Crippen LogP contribution is 2.23. The Morgan fingerprint density at radius 3 is 2.04 bits per heavy atom. The lowest BCUT2D eigenvalue weighted by atomic mass is 9.87. The first-order valence-electron chi connectivity index (χ1n) is 7.94. The highest BCUT2D eigenvalue weighted by Gasteiger charge is 2.30. The molecule has 0 saturated heterocycles. The summed E-state index contributed by atoms with van der Waals surface area (Å²) < 4.78 is 13.3. The predicted octanol–water partition coefficient (Wildman–Crippen LogP) is 4.37. The molecule has 0 spiro atoms. The second-order valence-corrected chi connectivity index (χ2v) is 5.58. The molecule has 0 aliphatic carbocycles. The van der Waals surface area contributed by atoms with Crippen LogP contribution in [0.25, 0.3) is 0 Å². The molecular weight excluding hydrogens is 311 g/mol. The van der Waals surface area contributed by atoms with Gasteiger partial charge < -0.3 is 4.74 Å². The van der Waals surface area contributed by atoms with Crippen LogP contribution in [0.15, 0.2) is 12.1 Å². The molecule has 2 atom stereocenters. The van der Waals surface area contributed by atoms with Crippen molar-refractivity contribution in [2.45, 2.75) is 53.9 Å². The van der Waals surface area contributed by atoms with Gasteiger partial charge in [0, 0.05) is 5.56 Å². The fourth-order valence-electron chi connectivity index (χ4n) is 2.75. The monoisotopic (exact) mass is 339 g/mol. The zero-order chi connectivity index (χ0) is 18.0. The van der Waals surface area contributed by atoms with E-state index in [0.717, 1.165) is 29.5 Å². The van der Waals surface area contributed by atoms with Gasteiger partial charge in [0.15, 0.2) is 5.78 Å². The number of Topliss-reactive ketones (excluding diaryl/α,β-unsaturated/α-hetero) is 1. The van der Waals surface area contributed by atoms with Crippen molar-refractivity contribution in [2.75, 3.05) is 6.61 Å². The van der Waals surface area contributed by atoms with E-state index in [9.17, 15) is 9.59 Å². The zero-order valence-electron chi connectivity index (χ0n) is 14.8. The third-order valence-electron chi connectivity index (χ3n) is 3.66. The second-order valence-electron chi connectivity index (χ2n) is 5.58. The van der Waals surface area contributed by atoms with Gasteiger partial charge in [-0.15, -0.1) is 0 Å². The largest absolute Gasteiger partial charge is 0.465 e. The minimum absolute atomic E-state index is 0.100. The van der Waals surface area contributed by atoms with Crippen molar-refractivity contribution in [2.24, 2.45) is 5.92 Å². The third-order valence-corrected chi connectivity index (χ3v) is 3.66. The van der Waals surface area contributed by atoms with Crippen LogP contribution in [0, 0.1) is 26.7 Å². The van der Waals surface area contributed by atoms with E-state index >= 15 is 0 Å². The lowest BCUT2D eigenvalue weighted by molar-refractivity contribution is -0.146. The summed E-state index contributed by atoms with van der Waals surface area (Å²) in [4.78, 5) is 24.9. The molecule has 1 rings (SSSR count). The highest BCUT2D eigenvalue weighted by molar-refractivity contribution is 7.00. The first kappa shape index (κ1) is 21.5. The molecule has 0 N–H and O–H groups in total. The molecule has 2 unspecified atom stereocenters. The Bertz CT molecular complexity index is 517. The molecule has 0 radical (unpaired) electrons. The molecule has 0 heterocycles. The van der Waals surface area contributed by atoms with Crippen LogP contribution < -0.4 is 0 Å². The lowest BCUT2D eigenvalue weighted by Gasteiger charge is -2.17. The normalized spacial score (nSPS) is 11.2. The van der Waals surface area contributed by atoms with E-state index < -0.39 is 11.9 Å². The molecule has 0 bridgehead atoms. The average Bonchev–Trinajstić information content (AvgIpc) is 2.49. The molecule has 0 aromatic heterocycles. The Morgan fingerprint density at radius 2 is 1.61 bits per heavy atom. The Kier molecular flexibility index (Phi) is 10.3. The molecule has 5 heteroatoms. The van der Waals surface area contributed by atoms with E-state index in [1.807, 2.05) is 32.9 Å². The number of hydrogen-bond donors (Lipinski definition) is 0. The smallest absolute Gasteiger partial charge is 0.316 e. The maximum atomic E-state index is 12.8. The van der Waals surface area contributed by atoms with Crippen LogP contribution in [0.5, 0.6) is 0 Å². The van der Waals surface area contributed by atoms with E-state index in [-0.39, 0.29) is 5.78 Å². The van der Waals surface area contributed by atoms with E-state index in [1.165, 1.54) is 9.12 Å². The van der Waals surface area contributed by atoms with Gasteiger partial charge in [0.25, 0.3) is 0 Å². The molecule has 1 aromatic rings. The van der Waals surface area contributed by atoms with E-state index in [4.69, 9.17) is 9.30 Å². The summed E-state index contributed by atoms with van der Waals surface area (Å²) in [6, 6.07) is 3.98. The minimum atomic E-state index is -0.676. The third kappa shape index (κ3) is 6.23. The fourth-order valence-corrected chi connectivity index (χ4v) is 2.75. The van der Waals surface area contributed by atoms with Crippen LogP contribution in [-0.4, -0.2) is 18.4 Å². The first-order chi connectivity index (χ1) is 10.9. The number of benzene rings is 1. The summed E-state index contributed by atoms with van der Waals surface area (Å²) in [6.07, 6.45) is 2.36. The van der Waals surface area contributed by atoms with Crippen molar-refractivity contribution >= 4 is 20.9 Å². The summed E-state index contributed by atoms with van der Waals surface area (Å²) in [5.74, 6) is -1.17. The number of carbonyl (C=O) groups is 2. The van der Waals surface area contributed by atoms with Gasteiger partial charge in [-0.1, -0.05) is 42.0 Å². The van der Waals surface area contributed by atoms with Crippen molar-refractivity contribution in [1.82, 2.24) is 0 Å². The molecule has 0 aliphatic heterocycles. The van der Waals surface area contributed by atoms with Crippen molar-refractivity contribution in [3.05, 3.63) is 34.4 Å². The second kappa shape index (κ2) is 11.1. The standard InChI is InChI=1S/C18H26O3.H2OP/c1-6-8-9-15(18(20)21-7-2)17(19)16-13(4)10-12(3)11-14(16)5;1-2/h10-11,15H,6-9H2,1-5H3;2H2/q;+1. The summed E-state index contributed by atoms with van der Waals surface area (Å²) in [6.45, 7) is 9.98. The number of rotatable bonds is 7. The molecule has 1 aromatic carbocycles. The van der Waals surface area contributed by atoms with Gasteiger partial charge in [-0.25, -0.2) is 0 Å². The van der Waals surface area contributed by atoms with Crippen LogP contribution in [0.1, 0.15) is 60.2 Å². The number of ether oxygens (including phenoxy) is 1. The molecule has 0 aliphatic rings. The van der Waals surface area contributed by atoms with Gasteiger partial charge in [0.05, 0.1) is 6.61 Å². The topological polar surface area (TPSA) is 60.4 Å². The van der Waals surface area contributed by atoms with Gasteiger partial charge in [0.2, 0.25) is 0 Å². The maximum absolute atomic E-state index is 12.8. The first-order valence-corrected chi connectivity index (χ1v) is 8.41. The number of ketones is 1. The van der Waals surface area contributed by atoms with E-state index in [2.05, 4.69) is 6.92 Å². The summed E-state index contributed by atoms with van der Waals surface area (Å²) >= 11 is 0. The summed E-state index contributed by atoms with van der Waals surface area (Å²) in [5.41, 5.74) is 3.67. The highest BCUT2D eigenvalue weighted by atomic mass is 31.0. The Balaban J connectivity index is 0.00000232. The Morgan fingerprint density at radius 1 is 1.09 bits per heavy atom. The zero-order valence-corrected chi connectivity index (χ0v) is 15.9. The molecule has 0 saturated carbocycles.